The van der Waals surface area contributed by atoms with Crippen LogP contribution in [-0.4, -0.2) is 99.6 Å². The molecule has 0 spiro atoms. The van der Waals surface area contributed by atoms with Crippen molar-refractivity contribution in [3.63, 3.8) is 0 Å². The Hall–Kier alpha value is -7.95. The molecule has 12 rings (SSSR count). The maximum absolute atomic E-state index is 14.0. The average molecular weight is 931 g/mol. The molecule has 0 saturated carbocycles. The zero-order valence-corrected chi connectivity index (χ0v) is 35.8. The van der Waals surface area contributed by atoms with Crippen LogP contribution in [-0.2, 0) is 9.47 Å². The van der Waals surface area contributed by atoms with Crippen LogP contribution in [0.3, 0.4) is 0 Å². The predicted octanol–water partition coefficient (Wildman–Crippen LogP) is 6.53. The molecule has 0 radical (unpaired) electrons. The largest absolute Gasteiger partial charge is 0.506 e. The van der Waals surface area contributed by atoms with Crippen molar-refractivity contribution in [3.8, 4) is 29.3 Å². The highest BCUT2D eigenvalue weighted by Crippen LogP contribution is 2.31. The molecule has 2 saturated heterocycles. The van der Waals surface area contributed by atoms with Gasteiger partial charge in [-0.25, -0.2) is 28.3 Å². The number of ether oxygens (including phenoxy) is 3. The SMILES string of the molecule is O=c1[nH]c2c(Cl)nc(-n3cnc4ccc(F)cc43)nc2n1C1CCOCC1.O=c1[nH]c2c(Oc3cccnc3)nc(-n3cnc4ccc(F)cc43)nc2n1C1CCOCC1.Oc1cccnc1. The van der Waals surface area contributed by atoms with Crippen LogP contribution in [0.2, 0.25) is 5.15 Å². The number of hydrogen-bond donors (Lipinski definition) is 3. The molecule has 2 aliphatic rings. The van der Waals surface area contributed by atoms with Gasteiger partial charge in [-0.05, 0) is 74.2 Å². The molecule has 2 aromatic carbocycles. The van der Waals surface area contributed by atoms with Crippen molar-refractivity contribution in [1.29, 1.82) is 0 Å². The molecular formula is C44H37ClF2N14O6. The molecule has 67 heavy (non-hydrogen) atoms. The third-order valence-corrected chi connectivity index (χ3v) is 11.4. The summed E-state index contributed by atoms with van der Waals surface area (Å²) in [6.45, 7) is 2.29. The minimum Gasteiger partial charge on any atom is -0.506 e. The Balaban J connectivity index is 0.000000139. The van der Waals surface area contributed by atoms with Crippen LogP contribution in [0.15, 0.2) is 108 Å². The lowest BCUT2D eigenvalue weighted by molar-refractivity contribution is 0.0695. The maximum atomic E-state index is 14.0. The number of rotatable bonds is 6. The van der Waals surface area contributed by atoms with Gasteiger partial charge in [-0.3, -0.25) is 33.2 Å². The third kappa shape index (κ3) is 8.79. The Morgan fingerprint density at radius 1 is 0.672 bits per heavy atom. The summed E-state index contributed by atoms with van der Waals surface area (Å²) in [7, 11) is 0. The predicted molar refractivity (Wildman–Crippen MR) is 239 cm³/mol. The van der Waals surface area contributed by atoms with E-state index in [1.54, 1.807) is 73.3 Å². The molecule has 10 heterocycles. The summed E-state index contributed by atoms with van der Waals surface area (Å²) in [5, 5.41) is 8.69. The molecule has 0 atom stereocenters. The summed E-state index contributed by atoms with van der Waals surface area (Å²) in [6.07, 6.45) is 12.0. The number of aromatic amines is 2. The van der Waals surface area contributed by atoms with E-state index in [2.05, 4.69) is 49.8 Å². The number of fused-ring (bicyclic) bond motifs is 4. The van der Waals surface area contributed by atoms with E-state index in [4.69, 9.17) is 30.9 Å². The van der Waals surface area contributed by atoms with Gasteiger partial charge in [0, 0.05) is 63.0 Å². The zero-order valence-electron chi connectivity index (χ0n) is 35.0. The fourth-order valence-corrected chi connectivity index (χ4v) is 8.14. The minimum absolute atomic E-state index is 0.0317. The monoisotopic (exact) mass is 930 g/mol. The molecule has 0 unspecified atom stereocenters. The van der Waals surface area contributed by atoms with Crippen LogP contribution in [0.1, 0.15) is 37.8 Å². The lowest BCUT2D eigenvalue weighted by Crippen LogP contribution is -2.27. The summed E-state index contributed by atoms with van der Waals surface area (Å²) >= 11 is 6.32. The second-order valence-corrected chi connectivity index (χ2v) is 15.7. The van der Waals surface area contributed by atoms with Gasteiger partial charge in [0.2, 0.25) is 11.9 Å². The topological polar surface area (TPSA) is 236 Å². The van der Waals surface area contributed by atoms with Gasteiger partial charge in [0.15, 0.2) is 16.4 Å². The van der Waals surface area contributed by atoms with E-state index in [0.717, 1.165) is 0 Å². The summed E-state index contributed by atoms with van der Waals surface area (Å²) < 4.78 is 50.8. The Bertz CT molecular complexity index is 3490. The summed E-state index contributed by atoms with van der Waals surface area (Å²) in [5.74, 6) is 0.445. The van der Waals surface area contributed by atoms with Crippen LogP contribution < -0.4 is 16.1 Å². The quantitative estimate of drug-likeness (QED) is 0.151. The minimum atomic E-state index is -0.405. The van der Waals surface area contributed by atoms with Crippen molar-refractivity contribution in [1.82, 2.24) is 68.1 Å². The number of benzene rings is 2. The molecule has 8 aromatic heterocycles. The van der Waals surface area contributed by atoms with Gasteiger partial charge >= 0.3 is 11.4 Å². The van der Waals surface area contributed by atoms with Crippen molar-refractivity contribution in [2.75, 3.05) is 26.4 Å². The number of hydrogen-bond acceptors (Lipinski definition) is 14. The summed E-state index contributed by atoms with van der Waals surface area (Å²) in [6, 6.07) is 15.2. The first kappa shape index (κ1) is 43.0. The van der Waals surface area contributed by atoms with Gasteiger partial charge in [0.05, 0.1) is 34.5 Å². The van der Waals surface area contributed by atoms with Crippen molar-refractivity contribution in [2.45, 2.75) is 37.8 Å². The molecule has 23 heteroatoms. The fourth-order valence-electron chi connectivity index (χ4n) is 7.93. The second-order valence-electron chi connectivity index (χ2n) is 15.3. The Labute approximate surface area is 380 Å². The smallest absolute Gasteiger partial charge is 0.328 e. The fraction of sp³-hybridized carbons (Fsp3) is 0.227. The van der Waals surface area contributed by atoms with Crippen LogP contribution in [0.25, 0.3) is 56.3 Å². The highest BCUT2D eigenvalue weighted by molar-refractivity contribution is 6.33. The zero-order chi connectivity index (χ0) is 46.0. The number of aromatic nitrogens is 14. The van der Waals surface area contributed by atoms with Crippen LogP contribution in [0.4, 0.5) is 8.78 Å². The van der Waals surface area contributed by atoms with Crippen LogP contribution in [0.5, 0.6) is 17.4 Å². The van der Waals surface area contributed by atoms with Gasteiger partial charge in [-0.2, -0.15) is 19.9 Å². The normalized spacial score (nSPS) is 14.6. The molecule has 10 aromatic rings. The molecule has 340 valence electrons. The number of imidazole rings is 4. The number of H-pyrrole nitrogens is 2. The second kappa shape index (κ2) is 18.5. The van der Waals surface area contributed by atoms with Crippen LogP contribution in [0, 0.1) is 11.6 Å². The van der Waals surface area contributed by atoms with Gasteiger partial charge in [0.1, 0.15) is 46.8 Å². The van der Waals surface area contributed by atoms with Crippen LogP contribution >= 0.6 is 11.6 Å². The van der Waals surface area contributed by atoms with E-state index in [0.29, 0.717) is 102 Å². The standard InChI is InChI=1S/C22H18FN7O3.C17H14ClFN6O2.C5H5NO/c23-13-3-4-16-17(10-13)29(12-25-16)21-27-19-18(20(28-21)33-15-2-1-7-24-11-15)26-22(31)30(19)14-5-8-32-9-6-14;18-14-13-15(25(17(26)21-13)10-3-5-27-6-4-10)23-16(22-14)24-8-20-11-2-1-9(19)7-12(11)24;7-5-2-1-3-6-4-5/h1-4,7,10-12,14H,5-6,8-9H2,(H,26,31);1-2,7-8,10H,3-6H2,(H,21,26);1-4,7H. The Morgan fingerprint density at radius 3 is 1.70 bits per heavy atom. The number of nitrogens with zero attached hydrogens (tertiary/aromatic N) is 12. The van der Waals surface area contributed by atoms with E-state index >= 15 is 0 Å². The summed E-state index contributed by atoms with van der Waals surface area (Å²) in [4.78, 5) is 65.4. The Kier molecular flexibility index (Phi) is 11.9. The van der Waals surface area contributed by atoms with E-state index in [-0.39, 0.29) is 52.1 Å². The van der Waals surface area contributed by atoms with E-state index < -0.39 is 11.6 Å². The first-order valence-electron chi connectivity index (χ1n) is 21.0. The van der Waals surface area contributed by atoms with Gasteiger partial charge in [0.25, 0.3) is 5.88 Å². The molecule has 2 aliphatic heterocycles. The molecule has 0 aliphatic carbocycles. The summed E-state index contributed by atoms with van der Waals surface area (Å²) in [5.41, 5.74) is 3.18. The van der Waals surface area contributed by atoms with Crippen molar-refractivity contribution < 1.29 is 28.1 Å². The first-order chi connectivity index (χ1) is 32.7. The average Bonchev–Trinajstić information content (AvgIpc) is 4.13. The van der Waals surface area contributed by atoms with Gasteiger partial charge in [-0.1, -0.05) is 11.6 Å². The van der Waals surface area contributed by atoms with E-state index in [1.165, 1.54) is 43.1 Å². The molecule has 2 fully saturated rings. The van der Waals surface area contributed by atoms with Gasteiger partial charge in [-0.15, -0.1) is 0 Å². The van der Waals surface area contributed by atoms with Crippen molar-refractivity contribution in [2.24, 2.45) is 0 Å². The highest BCUT2D eigenvalue weighted by atomic mass is 35.5. The molecule has 0 bridgehead atoms. The molecule has 20 nitrogen and oxygen atoms in total. The first-order valence-corrected chi connectivity index (χ1v) is 21.3. The van der Waals surface area contributed by atoms with E-state index in [9.17, 15) is 18.4 Å². The Morgan fingerprint density at radius 2 is 1.19 bits per heavy atom. The maximum Gasteiger partial charge on any atom is 0.328 e. The number of halogens is 3. The number of pyridine rings is 2. The van der Waals surface area contributed by atoms with Crippen molar-refractivity contribution >= 4 is 56.0 Å². The lowest BCUT2D eigenvalue weighted by atomic mass is 10.1. The third-order valence-electron chi connectivity index (χ3n) is 11.1. The molecule has 3 N–H and O–H groups in total. The van der Waals surface area contributed by atoms with Gasteiger partial charge < -0.3 is 24.3 Å². The number of nitrogens with one attached hydrogen (secondary N) is 2. The van der Waals surface area contributed by atoms with Crippen molar-refractivity contribution in [3.05, 3.63) is 136 Å². The van der Waals surface area contributed by atoms with E-state index in [1.807, 2.05) is 0 Å². The highest BCUT2D eigenvalue weighted by Gasteiger charge is 2.26. The lowest BCUT2D eigenvalue weighted by Gasteiger charge is -2.22. The molecule has 0 amide bonds. The number of aromatic hydroxyl groups is 1. The molecular weight excluding hydrogens is 894 g/mol.